The van der Waals surface area contributed by atoms with Crippen LogP contribution in [0.15, 0.2) is 18.2 Å². The molecular weight excluding hydrogens is 210 g/mol. The molecule has 0 unspecified atom stereocenters. The lowest BCUT2D eigenvalue weighted by atomic mass is 10.0. The molecule has 0 N–H and O–H groups in total. The van der Waals surface area contributed by atoms with Crippen molar-refractivity contribution in [1.29, 1.82) is 0 Å². The van der Waals surface area contributed by atoms with E-state index in [1.807, 2.05) is 6.07 Å². The molecule has 0 spiro atoms. The van der Waals surface area contributed by atoms with Crippen LogP contribution in [0.5, 0.6) is 0 Å². The molecule has 2 aliphatic rings. The van der Waals surface area contributed by atoms with Crippen molar-refractivity contribution in [1.82, 2.24) is 0 Å². The van der Waals surface area contributed by atoms with Crippen molar-refractivity contribution < 1.29 is 4.79 Å². The van der Waals surface area contributed by atoms with Crippen molar-refractivity contribution in [2.75, 3.05) is 18.0 Å². The summed E-state index contributed by atoms with van der Waals surface area (Å²) < 4.78 is 0. The van der Waals surface area contributed by atoms with Gasteiger partial charge in [0.15, 0.2) is 0 Å². The first-order chi connectivity index (χ1) is 8.38. The Labute approximate surface area is 103 Å². The van der Waals surface area contributed by atoms with E-state index in [1.54, 1.807) is 0 Å². The number of hydrogen-bond donors (Lipinski definition) is 0. The van der Waals surface area contributed by atoms with Crippen LogP contribution in [0.4, 0.5) is 5.69 Å². The van der Waals surface area contributed by atoms with Crippen molar-refractivity contribution in [3.05, 3.63) is 29.3 Å². The quantitative estimate of drug-likeness (QED) is 0.741. The molecule has 90 valence electrons. The molecule has 1 saturated heterocycles. The second-order valence-corrected chi connectivity index (χ2v) is 5.25. The van der Waals surface area contributed by atoms with E-state index in [4.69, 9.17) is 0 Å². The molecule has 2 fully saturated rings. The molecule has 3 rings (SSSR count). The zero-order chi connectivity index (χ0) is 11.7. The fraction of sp³-hybridized carbons (Fsp3) is 0.533. The van der Waals surface area contributed by atoms with E-state index in [0.717, 1.165) is 11.8 Å². The molecule has 1 heterocycles. The normalized spacial score (nSPS) is 20.4. The molecule has 17 heavy (non-hydrogen) atoms. The topological polar surface area (TPSA) is 20.3 Å². The molecular formula is C15H19NO. The van der Waals surface area contributed by atoms with Crippen LogP contribution in [0.2, 0.25) is 0 Å². The van der Waals surface area contributed by atoms with Gasteiger partial charge in [-0.1, -0.05) is 0 Å². The first-order valence-electron chi connectivity index (χ1n) is 6.72. The molecule has 0 bridgehead atoms. The van der Waals surface area contributed by atoms with Crippen molar-refractivity contribution in [3.63, 3.8) is 0 Å². The van der Waals surface area contributed by atoms with Crippen molar-refractivity contribution in [2.45, 2.75) is 38.0 Å². The summed E-state index contributed by atoms with van der Waals surface area (Å²) in [5.74, 6) is 0.653. The average molecular weight is 229 g/mol. The van der Waals surface area contributed by atoms with Crippen LogP contribution in [-0.4, -0.2) is 19.4 Å². The first-order valence-corrected chi connectivity index (χ1v) is 6.72. The minimum atomic E-state index is 0.653. The maximum atomic E-state index is 11.0. The van der Waals surface area contributed by atoms with E-state index in [9.17, 15) is 4.79 Å². The molecule has 0 radical (unpaired) electrons. The molecule has 0 amide bonds. The monoisotopic (exact) mass is 229 g/mol. The Balaban J connectivity index is 1.89. The zero-order valence-electron chi connectivity index (χ0n) is 10.2. The predicted molar refractivity (Wildman–Crippen MR) is 69.9 cm³/mol. The van der Waals surface area contributed by atoms with Gasteiger partial charge < -0.3 is 4.90 Å². The van der Waals surface area contributed by atoms with E-state index in [-0.39, 0.29) is 0 Å². The molecule has 1 aliphatic heterocycles. The molecule has 0 aromatic heterocycles. The predicted octanol–water partition coefficient (Wildman–Crippen LogP) is 3.37. The van der Waals surface area contributed by atoms with Gasteiger partial charge in [-0.05, 0) is 61.8 Å². The summed E-state index contributed by atoms with van der Waals surface area (Å²) in [6, 6.07) is 6.37. The van der Waals surface area contributed by atoms with E-state index in [2.05, 4.69) is 17.0 Å². The highest BCUT2D eigenvalue weighted by Gasteiger charge is 2.26. The highest BCUT2D eigenvalue weighted by molar-refractivity contribution is 5.79. The zero-order valence-corrected chi connectivity index (χ0v) is 10.2. The van der Waals surface area contributed by atoms with E-state index in [0.29, 0.717) is 5.92 Å². The van der Waals surface area contributed by atoms with Crippen molar-refractivity contribution >= 4 is 12.0 Å². The smallest absolute Gasteiger partial charge is 0.150 e. The van der Waals surface area contributed by atoms with Gasteiger partial charge in [-0.25, -0.2) is 0 Å². The largest absolute Gasteiger partial charge is 0.372 e. The third kappa shape index (κ3) is 2.21. The molecule has 1 aliphatic carbocycles. The van der Waals surface area contributed by atoms with Crippen LogP contribution in [0, 0.1) is 0 Å². The Hall–Kier alpha value is -1.31. The number of carbonyl (C=O) groups excluding carboxylic acids is 1. The van der Waals surface area contributed by atoms with E-state index >= 15 is 0 Å². The van der Waals surface area contributed by atoms with Crippen LogP contribution >= 0.6 is 0 Å². The summed E-state index contributed by atoms with van der Waals surface area (Å²) in [5, 5.41) is 0. The molecule has 1 aromatic carbocycles. The number of piperidine rings is 1. The number of aldehydes is 1. The van der Waals surface area contributed by atoms with Gasteiger partial charge in [0.25, 0.3) is 0 Å². The Bertz CT molecular complexity index is 417. The lowest BCUT2D eigenvalue weighted by Gasteiger charge is -2.29. The Morgan fingerprint density at radius 2 is 1.88 bits per heavy atom. The number of nitrogens with zero attached hydrogens (tertiary/aromatic N) is 1. The summed E-state index contributed by atoms with van der Waals surface area (Å²) in [6.07, 6.45) is 7.48. The third-order valence-electron chi connectivity index (χ3n) is 3.94. The Kier molecular flexibility index (Phi) is 2.87. The Morgan fingerprint density at radius 1 is 1.12 bits per heavy atom. The number of anilines is 1. The molecule has 1 aromatic rings. The Morgan fingerprint density at radius 3 is 2.53 bits per heavy atom. The number of rotatable bonds is 3. The summed E-state index contributed by atoms with van der Waals surface area (Å²) in [4.78, 5) is 13.5. The summed E-state index contributed by atoms with van der Waals surface area (Å²) >= 11 is 0. The molecule has 2 heteroatoms. The minimum Gasteiger partial charge on any atom is -0.372 e. The maximum Gasteiger partial charge on any atom is 0.150 e. The van der Waals surface area contributed by atoms with Crippen LogP contribution < -0.4 is 4.90 Å². The van der Waals surface area contributed by atoms with Gasteiger partial charge in [-0.3, -0.25) is 4.79 Å². The number of carbonyl (C=O) groups is 1. The summed E-state index contributed by atoms with van der Waals surface area (Å²) in [7, 11) is 0. The summed E-state index contributed by atoms with van der Waals surface area (Å²) in [6.45, 7) is 2.34. The van der Waals surface area contributed by atoms with E-state index in [1.165, 1.54) is 56.4 Å². The van der Waals surface area contributed by atoms with Gasteiger partial charge >= 0.3 is 0 Å². The van der Waals surface area contributed by atoms with Gasteiger partial charge in [0.2, 0.25) is 0 Å². The SMILES string of the molecule is O=Cc1ccc(N2CCCCC2)cc1C1CC1. The van der Waals surface area contributed by atoms with Crippen LogP contribution in [0.1, 0.15) is 53.9 Å². The van der Waals surface area contributed by atoms with Gasteiger partial charge in [0.05, 0.1) is 0 Å². The highest BCUT2D eigenvalue weighted by Crippen LogP contribution is 2.42. The van der Waals surface area contributed by atoms with Crippen LogP contribution in [0.3, 0.4) is 0 Å². The van der Waals surface area contributed by atoms with Crippen molar-refractivity contribution in [2.24, 2.45) is 0 Å². The highest BCUT2D eigenvalue weighted by atomic mass is 16.1. The molecule has 0 atom stereocenters. The van der Waals surface area contributed by atoms with Gasteiger partial charge in [0, 0.05) is 24.3 Å². The van der Waals surface area contributed by atoms with Gasteiger partial charge in [-0.15, -0.1) is 0 Å². The standard InChI is InChI=1S/C15H19NO/c17-11-13-6-7-14(10-15(13)12-4-5-12)16-8-2-1-3-9-16/h6-7,10-12H,1-5,8-9H2. The summed E-state index contributed by atoms with van der Waals surface area (Å²) in [5.41, 5.74) is 3.49. The lowest BCUT2D eigenvalue weighted by molar-refractivity contribution is 0.112. The fourth-order valence-corrected chi connectivity index (χ4v) is 2.77. The minimum absolute atomic E-state index is 0.653. The molecule has 1 saturated carbocycles. The fourth-order valence-electron chi connectivity index (χ4n) is 2.77. The first kappa shape index (κ1) is 10.8. The van der Waals surface area contributed by atoms with E-state index < -0.39 is 0 Å². The van der Waals surface area contributed by atoms with Gasteiger partial charge in [0.1, 0.15) is 6.29 Å². The van der Waals surface area contributed by atoms with Crippen molar-refractivity contribution in [3.8, 4) is 0 Å². The second kappa shape index (κ2) is 4.52. The van der Waals surface area contributed by atoms with Gasteiger partial charge in [-0.2, -0.15) is 0 Å². The van der Waals surface area contributed by atoms with Crippen LogP contribution in [-0.2, 0) is 0 Å². The third-order valence-corrected chi connectivity index (χ3v) is 3.94. The van der Waals surface area contributed by atoms with Crippen LogP contribution in [0.25, 0.3) is 0 Å². The molecule has 2 nitrogen and oxygen atoms in total. The lowest BCUT2D eigenvalue weighted by Crippen LogP contribution is -2.29. The number of benzene rings is 1. The second-order valence-electron chi connectivity index (χ2n) is 5.25. The maximum absolute atomic E-state index is 11.0. The number of hydrogen-bond acceptors (Lipinski definition) is 2. The average Bonchev–Trinajstić information content (AvgIpc) is 3.23.